The summed E-state index contributed by atoms with van der Waals surface area (Å²) in [6.07, 6.45) is 3.31. The Morgan fingerprint density at radius 1 is 1.23 bits per heavy atom. The number of hydrogen-bond donors (Lipinski definition) is 1. The number of carbonyl (C=O) groups is 1. The van der Waals surface area contributed by atoms with Crippen LogP contribution in [0.15, 0.2) is 24.3 Å². The van der Waals surface area contributed by atoms with Crippen molar-refractivity contribution < 1.29 is 9.53 Å². The Kier molecular flexibility index (Phi) is 5.28. The maximum Gasteiger partial charge on any atom is 0.310 e. The lowest BCUT2D eigenvalue weighted by molar-refractivity contribution is -0.148. The summed E-state index contributed by atoms with van der Waals surface area (Å²) in [5.74, 6) is 0.724. The van der Waals surface area contributed by atoms with Crippen molar-refractivity contribution in [3.8, 4) is 0 Å². The maximum atomic E-state index is 12.3. The van der Waals surface area contributed by atoms with E-state index in [0.29, 0.717) is 12.0 Å². The van der Waals surface area contributed by atoms with E-state index in [1.807, 2.05) is 0 Å². The lowest BCUT2D eigenvalue weighted by Crippen LogP contribution is -2.48. The molecular weight excluding hydrogens is 274 g/mol. The molecule has 3 rings (SSSR count). The van der Waals surface area contributed by atoms with Gasteiger partial charge in [-0.15, -0.1) is 0 Å². The van der Waals surface area contributed by atoms with Gasteiger partial charge in [0.05, 0.1) is 13.0 Å². The van der Waals surface area contributed by atoms with Crippen LogP contribution in [0.2, 0.25) is 0 Å². The molecule has 0 saturated carbocycles. The quantitative estimate of drug-likeness (QED) is 0.862. The number of rotatable bonds is 3. The molecule has 2 fully saturated rings. The molecule has 1 aromatic carbocycles. The summed E-state index contributed by atoms with van der Waals surface area (Å²) in [6, 6.07) is 9.68. The normalized spacial score (nSPS) is 30.0. The summed E-state index contributed by atoms with van der Waals surface area (Å²) in [5.41, 5.74) is 2.64. The third kappa shape index (κ3) is 3.05. The van der Waals surface area contributed by atoms with Gasteiger partial charge in [-0.3, -0.25) is 4.79 Å². The highest BCUT2D eigenvalue weighted by atomic mass is 16.5. The Morgan fingerprint density at radius 2 is 1.91 bits per heavy atom. The molecule has 2 heterocycles. The van der Waals surface area contributed by atoms with Gasteiger partial charge in [-0.05, 0) is 36.3 Å². The third-order valence-corrected chi connectivity index (χ3v) is 5.19. The van der Waals surface area contributed by atoms with Crippen molar-refractivity contribution in [3.05, 3.63) is 35.4 Å². The van der Waals surface area contributed by atoms with Crippen LogP contribution in [-0.4, -0.2) is 25.2 Å². The van der Waals surface area contributed by atoms with Crippen LogP contribution in [-0.2, 0) is 9.53 Å². The molecule has 0 spiro atoms. The van der Waals surface area contributed by atoms with Crippen LogP contribution in [0, 0.1) is 5.92 Å². The first-order valence-corrected chi connectivity index (χ1v) is 8.04. The minimum Gasteiger partial charge on any atom is -0.469 e. The first-order chi connectivity index (χ1) is 10.1. The SMILES string of the molecule is C.COC(=O)C1C2CCC(CC1c1ccc(C(C)C)cc1)N2. The number of fused-ring (bicyclic) bond motifs is 2. The smallest absolute Gasteiger partial charge is 0.310 e. The van der Waals surface area contributed by atoms with E-state index in [9.17, 15) is 4.79 Å². The van der Waals surface area contributed by atoms with Crippen LogP contribution in [0.5, 0.6) is 0 Å². The molecule has 2 bridgehead atoms. The molecule has 4 atom stereocenters. The van der Waals surface area contributed by atoms with E-state index in [2.05, 4.69) is 43.4 Å². The Labute approximate surface area is 134 Å². The van der Waals surface area contributed by atoms with Crippen LogP contribution in [0.25, 0.3) is 0 Å². The summed E-state index contributed by atoms with van der Waals surface area (Å²) in [4.78, 5) is 12.3. The average Bonchev–Trinajstić information content (AvgIpc) is 2.88. The monoisotopic (exact) mass is 303 g/mol. The van der Waals surface area contributed by atoms with Gasteiger partial charge in [0.2, 0.25) is 0 Å². The lowest BCUT2D eigenvalue weighted by atomic mass is 9.76. The van der Waals surface area contributed by atoms with Crippen LogP contribution in [0.4, 0.5) is 0 Å². The maximum absolute atomic E-state index is 12.3. The molecule has 0 radical (unpaired) electrons. The van der Waals surface area contributed by atoms with Gasteiger partial charge < -0.3 is 10.1 Å². The summed E-state index contributed by atoms with van der Waals surface area (Å²) in [5, 5.41) is 3.58. The molecule has 22 heavy (non-hydrogen) atoms. The van der Waals surface area contributed by atoms with Crippen molar-refractivity contribution in [2.45, 2.75) is 64.5 Å². The zero-order valence-corrected chi connectivity index (χ0v) is 13.1. The summed E-state index contributed by atoms with van der Waals surface area (Å²) >= 11 is 0. The van der Waals surface area contributed by atoms with E-state index < -0.39 is 0 Å². The molecule has 3 nitrogen and oxygen atoms in total. The molecule has 2 aliphatic heterocycles. The number of ether oxygens (including phenoxy) is 1. The average molecular weight is 303 g/mol. The second kappa shape index (κ2) is 6.82. The van der Waals surface area contributed by atoms with Crippen molar-refractivity contribution in [1.82, 2.24) is 5.32 Å². The molecule has 0 aromatic heterocycles. The van der Waals surface area contributed by atoms with E-state index in [1.165, 1.54) is 24.7 Å². The fraction of sp³-hybridized carbons (Fsp3) is 0.632. The molecule has 4 unspecified atom stereocenters. The zero-order chi connectivity index (χ0) is 15.0. The second-order valence-corrected chi connectivity index (χ2v) is 6.76. The lowest BCUT2D eigenvalue weighted by Gasteiger charge is -2.36. The summed E-state index contributed by atoms with van der Waals surface area (Å²) in [7, 11) is 1.50. The molecule has 2 saturated heterocycles. The standard InChI is InChI=1S/C18H25NO2.CH4/c1-11(2)12-4-6-13(7-5-12)15-10-14-8-9-16(19-14)17(15)18(20)21-3;/h4-7,11,14-17,19H,8-10H2,1-3H3;1H4. The van der Waals surface area contributed by atoms with E-state index in [4.69, 9.17) is 4.74 Å². The predicted octanol–water partition coefficient (Wildman–Crippen LogP) is 3.84. The Balaban J connectivity index is 0.00000176. The van der Waals surface area contributed by atoms with Crippen LogP contribution in [0.3, 0.4) is 0 Å². The number of nitrogens with one attached hydrogen (secondary N) is 1. The van der Waals surface area contributed by atoms with Gasteiger partial charge in [0, 0.05) is 18.0 Å². The number of carbonyl (C=O) groups excluding carboxylic acids is 1. The van der Waals surface area contributed by atoms with Crippen molar-refractivity contribution in [3.63, 3.8) is 0 Å². The molecule has 1 aromatic rings. The van der Waals surface area contributed by atoms with Gasteiger partial charge in [0.1, 0.15) is 0 Å². The Bertz CT molecular complexity index is 509. The van der Waals surface area contributed by atoms with E-state index in [0.717, 1.165) is 12.8 Å². The summed E-state index contributed by atoms with van der Waals surface area (Å²) < 4.78 is 5.08. The van der Waals surface area contributed by atoms with Crippen LogP contribution in [0.1, 0.15) is 63.5 Å². The predicted molar refractivity (Wildman–Crippen MR) is 90.1 cm³/mol. The van der Waals surface area contributed by atoms with Crippen molar-refractivity contribution in [2.75, 3.05) is 7.11 Å². The number of methoxy groups -OCH3 is 1. The largest absolute Gasteiger partial charge is 0.469 e. The number of esters is 1. The highest BCUT2D eigenvalue weighted by Crippen LogP contribution is 2.42. The van der Waals surface area contributed by atoms with Crippen LogP contribution < -0.4 is 5.32 Å². The molecular formula is C19H29NO2. The zero-order valence-electron chi connectivity index (χ0n) is 13.1. The third-order valence-electron chi connectivity index (χ3n) is 5.19. The highest BCUT2D eigenvalue weighted by Gasteiger charge is 2.46. The van der Waals surface area contributed by atoms with Gasteiger partial charge >= 0.3 is 5.97 Å². The van der Waals surface area contributed by atoms with Crippen molar-refractivity contribution in [2.24, 2.45) is 5.92 Å². The number of hydrogen-bond acceptors (Lipinski definition) is 3. The fourth-order valence-corrected chi connectivity index (χ4v) is 3.99. The van der Waals surface area contributed by atoms with Crippen LogP contribution >= 0.6 is 0 Å². The molecule has 1 N–H and O–H groups in total. The van der Waals surface area contributed by atoms with Gasteiger partial charge in [0.25, 0.3) is 0 Å². The molecule has 0 aliphatic carbocycles. The van der Waals surface area contributed by atoms with E-state index in [1.54, 1.807) is 0 Å². The van der Waals surface area contributed by atoms with E-state index in [-0.39, 0.29) is 31.3 Å². The fourth-order valence-electron chi connectivity index (χ4n) is 3.99. The van der Waals surface area contributed by atoms with Gasteiger partial charge in [-0.2, -0.15) is 0 Å². The number of piperidine rings is 1. The Morgan fingerprint density at radius 3 is 2.50 bits per heavy atom. The van der Waals surface area contributed by atoms with Gasteiger partial charge in [-0.1, -0.05) is 45.5 Å². The minimum absolute atomic E-state index is 0. The summed E-state index contributed by atoms with van der Waals surface area (Å²) in [6.45, 7) is 4.41. The Hall–Kier alpha value is -1.35. The minimum atomic E-state index is -0.0641. The second-order valence-electron chi connectivity index (χ2n) is 6.76. The van der Waals surface area contributed by atoms with E-state index >= 15 is 0 Å². The first kappa shape index (κ1) is 17.0. The van der Waals surface area contributed by atoms with Gasteiger partial charge in [0.15, 0.2) is 0 Å². The van der Waals surface area contributed by atoms with Crippen molar-refractivity contribution in [1.29, 1.82) is 0 Å². The topological polar surface area (TPSA) is 38.3 Å². The molecule has 0 amide bonds. The first-order valence-electron chi connectivity index (χ1n) is 8.04. The molecule has 2 aliphatic rings. The van der Waals surface area contributed by atoms with Gasteiger partial charge in [-0.25, -0.2) is 0 Å². The highest BCUT2D eigenvalue weighted by molar-refractivity contribution is 5.75. The van der Waals surface area contributed by atoms with Crippen molar-refractivity contribution >= 4 is 5.97 Å². The molecule has 122 valence electrons. The molecule has 3 heteroatoms. The number of benzene rings is 1.